The molecule has 2 aliphatic rings. The number of amides is 1. The van der Waals surface area contributed by atoms with E-state index in [4.69, 9.17) is 0 Å². The van der Waals surface area contributed by atoms with Crippen LogP contribution in [0.15, 0.2) is 34.2 Å². The molecule has 2 atom stereocenters. The highest BCUT2D eigenvalue weighted by Gasteiger charge is 2.30. The Bertz CT molecular complexity index is 770. The van der Waals surface area contributed by atoms with Crippen LogP contribution in [0.3, 0.4) is 0 Å². The van der Waals surface area contributed by atoms with Gasteiger partial charge in [0, 0.05) is 18.5 Å². The minimum Gasteiger partial charge on any atom is -0.356 e. The van der Waals surface area contributed by atoms with Gasteiger partial charge in [-0.25, -0.2) is 8.42 Å². The molecule has 1 aromatic rings. The van der Waals surface area contributed by atoms with Gasteiger partial charge in [0.25, 0.3) is 10.0 Å². The zero-order chi connectivity index (χ0) is 17.9. The van der Waals surface area contributed by atoms with E-state index in [2.05, 4.69) is 20.3 Å². The lowest BCUT2D eigenvalue weighted by Crippen LogP contribution is -2.29. The van der Waals surface area contributed by atoms with Crippen molar-refractivity contribution in [1.82, 2.24) is 15.4 Å². The zero-order valence-electron chi connectivity index (χ0n) is 14.3. The number of sulfonamides is 1. The second kappa shape index (κ2) is 7.53. The summed E-state index contributed by atoms with van der Waals surface area (Å²) in [4.78, 5) is 16.7. The number of amidine groups is 1. The molecule has 1 saturated heterocycles. The minimum atomic E-state index is -3.54. The Morgan fingerprint density at radius 1 is 1.40 bits per heavy atom. The molecule has 0 radical (unpaired) electrons. The van der Waals surface area contributed by atoms with Crippen LogP contribution < -0.4 is 15.4 Å². The Balaban J connectivity index is 1.54. The average molecular weight is 364 g/mol. The maximum Gasteiger partial charge on any atom is 0.263 e. The van der Waals surface area contributed by atoms with E-state index >= 15 is 0 Å². The Kier molecular flexibility index (Phi) is 5.39. The Morgan fingerprint density at radius 3 is 2.96 bits per heavy atom. The molecule has 25 heavy (non-hydrogen) atoms. The Labute approximate surface area is 148 Å². The van der Waals surface area contributed by atoms with Gasteiger partial charge in [-0.3, -0.25) is 14.5 Å². The summed E-state index contributed by atoms with van der Waals surface area (Å²) in [6, 6.07) is 6.41. The van der Waals surface area contributed by atoms with Gasteiger partial charge in [-0.15, -0.1) is 0 Å². The van der Waals surface area contributed by atoms with E-state index in [1.165, 1.54) is 6.42 Å². The van der Waals surface area contributed by atoms with E-state index < -0.39 is 10.0 Å². The molecule has 0 aliphatic carbocycles. The third-order valence-corrected chi connectivity index (χ3v) is 5.93. The van der Waals surface area contributed by atoms with Crippen molar-refractivity contribution in [3.8, 4) is 0 Å². The number of nitrogens with zero attached hydrogens (tertiary/aromatic N) is 1. The predicted molar refractivity (Wildman–Crippen MR) is 96.0 cm³/mol. The van der Waals surface area contributed by atoms with Gasteiger partial charge in [0.05, 0.1) is 10.9 Å². The fraction of sp³-hybridized carbons (Fsp3) is 0.529. The molecule has 3 N–H and O–H groups in total. The fourth-order valence-electron chi connectivity index (χ4n) is 3.21. The molecule has 1 fully saturated rings. The minimum absolute atomic E-state index is 0.0584. The summed E-state index contributed by atoms with van der Waals surface area (Å²) in [7, 11) is -3.54. The SMILES string of the molecule is CC(CC(=O)NCCC1CCNC1)N=C1NS(=O)(=O)c2ccccc21. The average Bonchev–Trinajstić information content (AvgIpc) is 3.15. The molecule has 7 nitrogen and oxygen atoms in total. The van der Waals surface area contributed by atoms with Gasteiger partial charge in [0.1, 0.15) is 5.84 Å². The quantitative estimate of drug-likeness (QED) is 0.689. The van der Waals surface area contributed by atoms with Crippen molar-refractivity contribution in [3.63, 3.8) is 0 Å². The van der Waals surface area contributed by atoms with Gasteiger partial charge in [0.15, 0.2) is 0 Å². The van der Waals surface area contributed by atoms with E-state index in [-0.39, 0.29) is 23.3 Å². The number of aliphatic imine (C=N–C) groups is 1. The molecule has 2 heterocycles. The monoisotopic (exact) mass is 364 g/mol. The van der Waals surface area contributed by atoms with E-state index in [9.17, 15) is 13.2 Å². The van der Waals surface area contributed by atoms with Gasteiger partial charge in [0.2, 0.25) is 5.91 Å². The maximum absolute atomic E-state index is 12.1. The van der Waals surface area contributed by atoms with Crippen LogP contribution >= 0.6 is 0 Å². The lowest BCUT2D eigenvalue weighted by atomic mass is 10.1. The van der Waals surface area contributed by atoms with Crippen molar-refractivity contribution in [3.05, 3.63) is 29.8 Å². The van der Waals surface area contributed by atoms with Crippen molar-refractivity contribution in [1.29, 1.82) is 0 Å². The maximum atomic E-state index is 12.1. The van der Waals surface area contributed by atoms with Crippen molar-refractivity contribution in [2.24, 2.45) is 10.9 Å². The Hall–Kier alpha value is -1.93. The lowest BCUT2D eigenvalue weighted by Gasteiger charge is -2.11. The van der Waals surface area contributed by atoms with Crippen molar-refractivity contribution >= 4 is 21.8 Å². The number of carbonyl (C=O) groups excluding carboxylic acids is 1. The van der Waals surface area contributed by atoms with E-state index in [1.807, 2.05) is 6.92 Å². The molecule has 1 amide bonds. The van der Waals surface area contributed by atoms with Crippen LogP contribution in [-0.2, 0) is 14.8 Å². The van der Waals surface area contributed by atoms with Crippen LogP contribution in [-0.4, -0.2) is 45.8 Å². The molecule has 0 aromatic heterocycles. The first-order valence-corrected chi connectivity index (χ1v) is 10.1. The summed E-state index contributed by atoms with van der Waals surface area (Å²) in [6.07, 6.45) is 2.38. The van der Waals surface area contributed by atoms with Gasteiger partial charge < -0.3 is 10.6 Å². The molecule has 136 valence electrons. The van der Waals surface area contributed by atoms with Gasteiger partial charge in [-0.2, -0.15) is 0 Å². The Morgan fingerprint density at radius 2 is 2.20 bits per heavy atom. The number of rotatable bonds is 6. The molecule has 3 rings (SSSR count). The van der Waals surface area contributed by atoms with Gasteiger partial charge >= 0.3 is 0 Å². The molecule has 2 unspecified atom stereocenters. The molecule has 8 heteroatoms. The van der Waals surface area contributed by atoms with Gasteiger partial charge in [-0.05, 0) is 50.9 Å². The van der Waals surface area contributed by atoms with Crippen LogP contribution in [0.5, 0.6) is 0 Å². The first kappa shape index (κ1) is 17.9. The third-order valence-electron chi connectivity index (χ3n) is 4.53. The predicted octanol–water partition coefficient (Wildman–Crippen LogP) is 0.620. The third kappa shape index (κ3) is 4.38. The van der Waals surface area contributed by atoms with Crippen LogP contribution in [0.2, 0.25) is 0 Å². The van der Waals surface area contributed by atoms with Crippen molar-refractivity contribution in [2.75, 3.05) is 19.6 Å². The summed E-state index contributed by atoms with van der Waals surface area (Å²) < 4.78 is 26.6. The molecule has 0 saturated carbocycles. The number of nitrogens with one attached hydrogen (secondary N) is 3. The number of hydrogen-bond acceptors (Lipinski definition) is 5. The summed E-state index contributed by atoms with van der Waals surface area (Å²) >= 11 is 0. The number of hydrogen-bond donors (Lipinski definition) is 3. The molecular formula is C17H24N4O3S. The largest absolute Gasteiger partial charge is 0.356 e. The highest BCUT2D eigenvalue weighted by atomic mass is 32.2. The van der Waals surface area contributed by atoms with E-state index in [0.29, 0.717) is 23.9 Å². The number of fused-ring (bicyclic) bond motifs is 1. The van der Waals surface area contributed by atoms with Gasteiger partial charge in [-0.1, -0.05) is 12.1 Å². The molecular weight excluding hydrogens is 340 g/mol. The highest BCUT2D eigenvalue weighted by molar-refractivity contribution is 7.90. The van der Waals surface area contributed by atoms with Crippen molar-refractivity contribution < 1.29 is 13.2 Å². The summed E-state index contributed by atoms with van der Waals surface area (Å²) in [5, 5.41) is 6.24. The van der Waals surface area contributed by atoms with E-state index in [0.717, 1.165) is 19.5 Å². The van der Waals surface area contributed by atoms with Crippen LogP contribution in [0.25, 0.3) is 0 Å². The standard InChI is InChI=1S/C17H24N4O3S/c1-12(10-16(22)19-9-7-13-6-8-18-11-13)20-17-14-4-2-3-5-15(14)25(23,24)21-17/h2-5,12-13,18H,6-11H2,1H3,(H,19,22)(H,20,21). The van der Waals surface area contributed by atoms with Crippen molar-refractivity contribution in [2.45, 2.75) is 37.1 Å². The fourth-order valence-corrected chi connectivity index (χ4v) is 4.45. The summed E-state index contributed by atoms with van der Waals surface area (Å²) in [6.45, 7) is 4.57. The first-order chi connectivity index (χ1) is 12.0. The smallest absolute Gasteiger partial charge is 0.263 e. The summed E-state index contributed by atoms with van der Waals surface area (Å²) in [5.41, 5.74) is 0.559. The number of carbonyl (C=O) groups is 1. The van der Waals surface area contributed by atoms with Crippen LogP contribution in [0.4, 0.5) is 0 Å². The second-order valence-corrected chi connectivity index (χ2v) is 8.28. The molecule has 1 aromatic carbocycles. The molecule has 0 bridgehead atoms. The normalized spacial score (nSPS) is 23.9. The first-order valence-electron chi connectivity index (χ1n) is 8.63. The zero-order valence-corrected chi connectivity index (χ0v) is 15.1. The van der Waals surface area contributed by atoms with Crippen LogP contribution in [0.1, 0.15) is 31.7 Å². The topological polar surface area (TPSA) is 99.7 Å². The molecule has 0 spiro atoms. The lowest BCUT2D eigenvalue weighted by molar-refractivity contribution is -0.121. The second-order valence-electron chi connectivity index (χ2n) is 6.63. The highest BCUT2D eigenvalue weighted by Crippen LogP contribution is 2.22. The van der Waals surface area contributed by atoms with Crippen LogP contribution in [0, 0.1) is 5.92 Å². The van der Waals surface area contributed by atoms with E-state index in [1.54, 1.807) is 24.3 Å². The molecule has 2 aliphatic heterocycles. The summed E-state index contributed by atoms with van der Waals surface area (Å²) in [5.74, 6) is 0.896. The number of benzene rings is 1.